The summed E-state index contributed by atoms with van der Waals surface area (Å²) in [6.45, 7) is 0. The fourth-order valence-corrected chi connectivity index (χ4v) is 2.84. The normalized spacial score (nSPS) is 10.7. The molecule has 2 aromatic heterocycles. The summed E-state index contributed by atoms with van der Waals surface area (Å²) in [5.41, 5.74) is 2.61. The minimum absolute atomic E-state index is 0.0908. The molecule has 0 unspecified atom stereocenters. The van der Waals surface area contributed by atoms with Crippen molar-refractivity contribution >= 4 is 51.6 Å². The minimum atomic E-state index is -0.454. The summed E-state index contributed by atoms with van der Waals surface area (Å²) in [5.74, 6) is -0.295. The van der Waals surface area contributed by atoms with Gasteiger partial charge in [-0.25, -0.2) is 0 Å². The van der Waals surface area contributed by atoms with Gasteiger partial charge in [0.25, 0.3) is 5.91 Å². The van der Waals surface area contributed by atoms with Crippen LogP contribution in [-0.4, -0.2) is 26.0 Å². The molecule has 1 amide bonds. The Morgan fingerprint density at radius 2 is 1.81 bits per heavy atom. The van der Waals surface area contributed by atoms with Crippen LogP contribution in [0.5, 0.6) is 0 Å². The lowest BCUT2D eigenvalue weighted by Crippen LogP contribution is -2.33. The average Bonchev–Trinajstić information content (AvgIpc) is 3.32. The number of nitrogens with one attached hydrogen (secondary N) is 2. The van der Waals surface area contributed by atoms with Gasteiger partial charge in [0, 0.05) is 0 Å². The van der Waals surface area contributed by atoms with Crippen LogP contribution in [0.15, 0.2) is 65.3 Å². The van der Waals surface area contributed by atoms with Crippen LogP contribution in [0.2, 0.25) is 5.02 Å². The zero-order chi connectivity index (χ0) is 18.8. The first-order chi connectivity index (χ1) is 13.1. The van der Waals surface area contributed by atoms with Crippen molar-refractivity contribution < 1.29 is 9.21 Å². The lowest BCUT2D eigenvalue weighted by Gasteiger charge is -2.09. The predicted molar refractivity (Wildman–Crippen MR) is 106 cm³/mol. The van der Waals surface area contributed by atoms with Crippen LogP contribution in [0.25, 0.3) is 16.7 Å². The Balaban J connectivity index is 1.56. The van der Waals surface area contributed by atoms with Crippen molar-refractivity contribution in [2.75, 3.05) is 5.32 Å². The van der Waals surface area contributed by atoms with Crippen molar-refractivity contribution in [2.24, 2.45) is 0 Å². The summed E-state index contributed by atoms with van der Waals surface area (Å²) < 4.78 is 5.03. The van der Waals surface area contributed by atoms with Gasteiger partial charge in [-0.2, -0.15) is 4.80 Å². The SMILES string of the molecule is O=C(NC(=S)Nc1cc2nn(-c3ccccc3)nc2cc1Cl)c1ccco1. The van der Waals surface area contributed by atoms with E-state index < -0.39 is 5.91 Å². The second kappa shape index (κ2) is 7.18. The number of furan rings is 1. The molecule has 0 saturated heterocycles. The van der Waals surface area contributed by atoms with Crippen molar-refractivity contribution in [1.82, 2.24) is 20.3 Å². The fourth-order valence-electron chi connectivity index (χ4n) is 2.44. The standard InChI is InChI=1S/C18H12ClN5O2S/c19-12-9-14-15(23-24(22-14)11-5-2-1-3-6-11)10-13(12)20-18(27)21-17(25)16-7-4-8-26-16/h1-10H,(H2,20,21,25,27). The van der Waals surface area contributed by atoms with Gasteiger partial charge in [-0.05, 0) is 48.6 Å². The molecule has 134 valence electrons. The number of nitrogens with zero attached hydrogens (tertiary/aromatic N) is 3. The van der Waals surface area contributed by atoms with E-state index in [1.54, 1.807) is 24.3 Å². The molecule has 0 aliphatic heterocycles. The van der Waals surface area contributed by atoms with E-state index >= 15 is 0 Å². The zero-order valence-corrected chi connectivity index (χ0v) is 15.3. The van der Waals surface area contributed by atoms with E-state index in [0.717, 1.165) is 5.69 Å². The smallest absolute Gasteiger partial charge is 0.293 e. The first-order valence-electron chi connectivity index (χ1n) is 7.88. The fraction of sp³-hybridized carbons (Fsp3) is 0. The van der Waals surface area contributed by atoms with Crippen molar-refractivity contribution in [3.05, 3.63) is 71.6 Å². The molecule has 0 aliphatic carbocycles. The van der Waals surface area contributed by atoms with Crippen LogP contribution in [0.1, 0.15) is 10.6 Å². The van der Waals surface area contributed by atoms with Gasteiger partial charge in [0.2, 0.25) is 0 Å². The van der Waals surface area contributed by atoms with Gasteiger partial charge in [0.1, 0.15) is 11.0 Å². The maximum atomic E-state index is 12.0. The van der Waals surface area contributed by atoms with E-state index in [9.17, 15) is 4.79 Å². The number of thiocarbonyl (C=S) groups is 1. The molecular formula is C18H12ClN5O2S. The van der Waals surface area contributed by atoms with Crippen LogP contribution in [-0.2, 0) is 0 Å². The summed E-state index contributed by atoms with van der Waals surface area (Å²) in [7, 11) is 0. The summed E-state index contributed by atoms with van der Waals surface area (Å²) in [5, 5.41) is 14.8. The van der Waals surface area contributed by atoms with Gasteiger partial charge >= 0.3 is 0 Å². The van der Waals surface area contributed by atoms with Gasteiger partial charge in [-0.3, -0.25) is 10.1 Å². The second-order valence-corrected chi connectivity index (χ2v) is 6.35. The molecule has 0 fully saturated rings. The van der Waals surface area contributed by atoms with E-state index in [4.69, 9.17) is 28.2 Å². The monoisotopic (exact) mass is 397 g/mol. The molecule has 0 atom stereocenters. The Morgan fingerprint density at radius 3 is 2.52 bits per heavy atom. The number of amides is 1. The van der Waals surface area contributed by atoms with E-state index in [0.29, 0.717) is 21.7 Å². The lowest BCUT2D eigenvalue weighted by molar-refractivity contribution is 0.0950. The van der Waals surface area contributed by atoms with E-state index in [1.165, 1.54) is 11.1 Å². The maximum absolute atomic E-state index is 12.0. The van der Waals surface area contributed by atoms with Crippen molar-refractivity contribution in [2.45, 2.75) is 0 Å². The van der Waals surface area contributed by atoms with E-state index in [-0.39, 0.29) is 10.9 Å². The Bertz CT molecular complexity index is 1130. The van der Waals surface area contributed by atoms with Crippen LogP contribution in [0.3, 0.4) is 0 Å². The van der Waals surface area contributed by atoms with Crippen molar-refractivity contribution in [1.29, 1.82) is 0 Å². The second-order valence-electron chi connectivity index (χ2n) is 5.53. The zero-order valence-electron chi connectivity index (χ0n) is 13.7. The highest BCUT2D eigenvalue weighted by Gasteiger charge is 2.13. The number of hydrogen-bond acceptors (Lipinski definition) is 5. The molecule has 27 heavy (non-hydrogen) atoms. The molecule has 2 heterocycles. The quantitative estimate of drug-likeness (QED) is 0.511. The Morgan fingerprint density at radius 1 is 1.07 bits per heavy atom. The highest BCUT2D eigenvalue weighted by molar-refractivity contribution is 7.80. The molecule has 0 aliphatic rings. The average molecular weight is 398 g/mol. The van der Waals surface area contributed by atoms with Crippen LogP contribution < -0.4 is 10.6 Å². The number of carbonyl (C=O) groups is 1. The number of carbonyl (C=O) groups excluding carboxylic acids is 1. The van der Waals surface area contributed by atoms with Crippen molar-refractivity contribution in [3.8, 4) is 5.69 Å². The van der Waals surface area contributed by atoms with Crippen LogP contribution in [0, 0.1) is 0 Å². The first-order valence-corrected chi connectivity index (χ1v) is 8.66. The summed E-state index contributed by atoms with van der Waals surface area (Å²) in [6, 6.07) is 16.1. The van der Waals surface area contributed by atoms with Gasteiger partial charge in [0.15, 0.2) is 10.9 Å². The number of para-hydroxylation sites is 1. The predicted octanol–water partition coefficient (Wildman–Crippen LogP) is 3.79. The number of halogens is 1. The van der Waals surface area contributed by atoms with Crippen molar-refractivity contribution in [3.63, 3.8) is 0 Å². The third kappa shape index (κ3) is 3.67. The minimum Gasteiger partial charge on any atom is -0.459 e. The van der Waals surface area contributed by atoms with Crippen LogP contribution in [0.4, 0.5) is 5.69 Å². The topological polar surface area (TPSA) is 85.0 Å². The largest absolute Gasteiger partial charge is 0.459 e. The number of fused-ring (bicyclic) bond motifs is 1. The van der Waals surface area contributed by atoms with E-state index in [2.05, 4.69) is 20.8 Å². The van der Waals surface area contributed by atoms with Gasteiger partial charge in [0.05, 0.1) is 22.7 Å². The Labute approximate surface area is 163 Å². The number of anilines is 1. The number of rotatable bonds is 3. The molecule has 4 rings (SSSR count). The van der Waals surface area contributed by atoms with E-state index in [1.807, 2.05) is 30.3 Å². The summed E-state index contributed by atoms with van der Waals surface area (Å²) in [4.78, 5) is 13.5. The number of hydrogen-bond donors (Lipinski definition) is 2. The molecule has 7 nitrogen and oxygen atoms in total. The van der Waals surface area contributed by atoms with Gasteiger partial charge in [-0.15, -0.1) is 10.2 Å². The Hall–Kier alpha value is -3.23. The summed E-state index contributed by atoms with van der Waals surface area (Å²) in [6.07, 6.45) is 1.41. The number of aromatic nitrogens is 3. The summed E-state index contributed by atoms with van der Waals surface area (Å²) >= 11 is 11.5. The molecule has 0 spiro atoms. The highest BCUT2D eigenvalue weighted by atomic mass is 35.5. The third-order valence-electron chi connectivity index (χ3n) is 3.68. The molecule has 9 heteroatoms. The number of benzene rings is 2. The molecular weight excluding hydrogens is 386 g/mol. The molecule has 2 aromatic carbocycles. The third-order valence-corrected chi connectivity index (χ3v) is 4.19. The molecule has 4 aromatic rings. The molecule has 0 bridgehead atoms. The molecule has 2 N–H and O–H groups in total. The maximum Gasteiger partial charge on any atom is 0.293 e. The van der Waals surface area contributed by atoms with Gasteiger partial charge in [-0.1, -0.05) is 29.8 Å². The first kappa shape index (κ1) is 17.2. The van der Waals surface area contributed by atoms with Gasteiger partial charge < -0.3 is 9.73 Å². The highest BCUT2D eigenvalue weighted by Crippen LogP contribution is 2.27. The molecule has 0 radical (unpaired) electrons. The molecule has 0 saturated carbocycles. The Kier molecular flexibility index (Phi) is 4.57. The lowest BCUT2D eigenvalue weighted by atomic mass is 10.3. The van der Waals surface area contributed by atoms with Crippen LogP contribution >= 0.6 is 23.8 Å².